The first-order chi connectivity index (χ1) is 17.1. The van der Waals surface area contributed by atoms with E-state index < -0.39 is 30.4 Å². The summed E-state index contributed by atoms with van der Waals surface area (Å²) in [5.74, 6) is -0.372. The van der Waals surface area contributed by atoms with E-state index in [0.29, 0.717) is 22.0 Å². The molecule has 0 unspecified atom stereocenters. The van der Waals surface area contributed by atoms with E-state index in [2.05, 4.69) is 10.1 Å². The number of alkyl halides is 3. The van der Waals surface area contributed by atoms with Crippen molar-refractivity contribution < 1.29 is 32.6 Å². The van der Waals surface area contributed by atoms with Crippen LogP contribution in [0.15, 0.2) is 36.5 Å². The van der Waals surface area contributed by atoms with E-state index in [1.54, 1.807) is 29.2 Å². The number of carbonyl (C=O) groups excluding carboxylic acids is 1. The number of ether oxygens (including phenoxy) is 1. The van der Waals surface area contributed by atoms with Crippen LogP contribution >= 0.6 is 0 Å². The number of imidazole rings is 1. The molecule has 3 aromatic rings. The molecular weight excluding hydrogens is 483 g/mol. The number of carboxylic acid groups (broad SMARTS) is 1. The van der Waals surface area contributed by atoms with E-state index in [0.717, 1.165) is 0 Å². The van der Waals surface area contributed by atoms with Gasteiger partial charge in [-0.1, -0.05) is 12.1 Å². The zero-order chi connectivity index (χ0) is 26.0. The fourth-order valence-corrected chi connectivity index (χ4v) is 4.02. The SMILES string of the molecule is COc1ccc(CN(CC(=O)O)c2cc(N3CCN(C(N)=O)CC3)nn3c(C(F)(F)F)cnc23)cc1. The standard InChI is InChI=1S/C22H24F3N7O4/c1-36-15-4-2-14(3-5-15)12-31(13-19(33)34)16-10-18(29-6-8-30(9-7-29)21(26)35)28-32-17(22(23,24)25)11-27-20(16)32/h2-5,10-11H,6-9,12-13H2,1H3,(H2,26,35)(H,33,34). The predicted octanol–water partition coefficient (Wildman–Crippen LogP) is 2.05. The third-order valence-corrected chi connectivity index (χ3v) is 5.84. The lowest BCUT2D eigenvalue weighted by Gasteiger charge is -2.35. The number of carbonyl (C=O) groups is 2. The summed E-state index contributed by atoms with van der Waals surface area (Å²) < 4.78 is 47.0. The number of fused-ring (bicyclic) bond motifs is 1. The number of amides is 2. The smallest absolute Gasteiger partial charge is 0.435 e. The van der Waals surface area contributed by atoms with Crippen LogP contribution < -0.4 is 20.3 Å². The van der Waals surface area contributed by atoms with Crippen molar-refractivity contribution in [2.24, 2.45) is 5.73 Å². The average Bonchev–Trinajstić information content (AvgIpc) is 3.28. The monoisotopic (exact) mass is 507 g/mol. The van der Waals surface area contributed by atoms with Crippen molar-refractivity contribution in [2.45, 2.75) is 12.7 Å². The third kappa shape index (κ3) is 5.21. The van der Waals surface area contributed by atoms with Crippen LogP contribution in [0.25, 0.3) is 5.65 Å². The normalized spacial score (nSPS) is 14.2. The Morgan fingerprint density at radius 2 is 1.83 bits per heavy atom. The number of rotatable bonds is 7. The predicted molar refractivity (Wildman–Crippen MR) is 123 cm³/mol. The molecule has 0 atom stereocenters. The van der Waals surface area contributed by atoms with Crippen molar-refractivity contribution in [3.05, 3.63) is 47.8 Å². The van der Waals surface area contributed by atoms with Gasteiger partial charge in [0.25, 0.3) is 0 Å². The molecule has 2 aromatic heterocycles. The summed E-state index contributed by atoms with van der Waals surface area (Å²) in [5.41, 5.74) is 5.00. The highest BCUT2D eigenvalue weighted by Crippen LogP contribution is 2.34. The summed E-state index contributed by atoms with van der Waals surface area (Å²) in [4.78, 5) is 31.7. The minimum Gasteiger partial charge on any atom is -0.497 e. The van der Waals surface area contributed by atoms with Crippen molar-refractivity contribution >= 4 is 29.2 Å². The number of nitrogens with zero attached hydrogens (tertiary/aromatic N) is 6. The summed E-state index contributed by atoms with van der Waals surface area (Å²) in [6.45, 7) is 0.701. The van der Waals surface area contributed by atoms with E-state index in [1.807, 2.05) is 0 Å². The average molecular weight is 507 g/mol. The van der Waals surface area contributed by atoms with E-state index in [-0.39, 0.29) is 49.9 Å². The first kappa shape index (κ1) is 24.9. The summed E-state index contributed by atoms with van der Waals surface area (Å²) in [5, 5.41) is 13.7. The number of aromatic nitrogens is 3. The Labute approximate surface area is 203 Å². The zero-order valence-electron chi connectivity index (χ0n) is 19.3. The molecular formula is C22H24F3N7O4. The molecule has 3 heterocycles. The molecule has 1 fully saturated rings. The lowest BCUT2D eigenvalue weighted by atomic mass is 10.2. The van der Waals surface area contributed by atoms with Crippen molar-refractivity contribution in [1.82, 2.24) is 19.5 Å². The van der Waals surface area contributed by atoms with Crippen molar-refractivity contribution in [1.29, 1.82) is 0 Å². The topological polar surface area (TPSA) is 130 Å². The van der Waals surface area contributed by atoms with Crippen molar-refractivity contribution in [2.75, 3.05) is 49.6 Å². The lowest BCUT2D eigenvalue weighted by molar-refractivity contribution is -0.142. The third-order valence-electron chi connectivity index (χ3n) is 5.84. The molecule has 1 aliphatic rings. The van der Waals surface area contributed by atoms with Crippen LogP contribution in [0.5, 0.6) is 5.75 Å². The highest BCUT2D eigenvalue weighted by Gasteiger charge is 2.36. The maximum atomic E-state index is 13.7. The molecule has 1 aliphatic heterocycles. The Bertz CT molecular complexity index is 1260. The Kier molecular flexibility index (Phi) is 6.77. The number of methoxy groups -OCH3 is 1. The number of nitrogens with two attached hydrogens (primary N) is 1. The first-order valence-corrected chi connectivity index (χ1v) is 10.9. The quantitative estimate of drug-likeness (QED) is 0.497. The molecule has 192 valence electrons. The highest BCUT2D eigenvalue weighted by molar-refractivity contribution is 5.79. The van der Waals surface area contributed by atoms with Crippen LogP contribution in [0.3, 0.4) is 0 Å². The van der Waals surface area contributed by atoms with E-state index in [1.165, 1.54) is 23.0 Å². The zero-order valence-corrected chi connectivity index (χ0v) is 19.3. The molecule has 36 heavy (non-hydrogen) atoms. The number of benzene rings is 1. The molecule has 11 nitrogen and oxygen atoms in total. The van der Waals surface area contributed by atoms with E-state index >= 15 is 0 Å². The Balaban J connectivity index is 1.79. The van der Waals surface area contributed by atoms with Gasteiger partial charge in [0.2, 0.25) is 0 Å². The van der Waals surface area contributed by atoms with Gasteiger partial charge in [-0.2, -0.15) is 13.2 Å². The molecule has 0 aliphatic carbocycles. The second-order valence-corrected chi connectivity index (χ2v) is 8.17. The Morgan fingerprint density at radius 3 is 2.39 bits per heavy atom. The summed E-state index contributed by atoms with van der Waals surface area (Å²) in [6, 6.07) is 7.83. The number of urea groups is 1. The molecule has 0 saturated carbocycles. The number of piperazine rings is 1. The van der Waals surface area contributed by atoms with Gasteiger partial charge < -0.3 is 30.3 Å². The molecule has 1 aromatic carbocycles. The van der Waals surface area contributed by atoms with Gasteiger partial charge in [-0.25, -0.2) is 14.3 Å². The van der Waals surface area contributed by atoms with Gasteiger partial charge in [0.1, 0.15) is 12.3 Å². The fraction of sp³-hybridized carbons (Fsp3) is 0.364. The number of anilines is 2. The highest BCUT2D eigenvalue weighted by atomic mass is 19.4. The van der Waals surface area contributed by atoms with Gasteiger partial charge >= 0.3 is 18.2 Å². The summed E-state index contributed by atoms with van der Waals surface area (Å²) in [7, 11) is 1.51. The molecule has 3 N–H and O–H groups in total. The van der Waals surface area contributed by atoms with Crippen LogP contribution in [-0.2, 0) is 17.5 Å². The van der Waals surface area contributed by atoms with Crippen LogP contribution in [0, 0.1) is 0 Å². The molecule has 0 spiro atoms. The van der Waals surface area contributed by atoms with Gasteiger partial charge in [0, 0.05) is 38.8 Å². The van der Waals surface area contributed by atoms with Gasteiger partial charge in [0.05, 0.1) is 19.0 Å². The van der Waals surface area contributed by atoms with Crippen LogP contribution in [0.4, 0.5) is 29.5 Å². The minimum absolute atomic E-state index is 0.0824. The molecule has 0 radical (unpaired) electrons. The van der Waals surface area contributed by atoms with Gasteiger partial charge in [-0.3, -0.25) is 4.79 Å². The second-order valence-electron chi connectivity index (χ2n) is 8.17. The maximum absolute atomic E-state index is 13.7. The molecule has 2 amide bonds. The Hall–Kier alpha value is -4.23. The Morgan fingerprint density at radius 1 is 1.17 bits per heavy atom. The first-order valence-electron chi connectivity index (χ1n) is 10.9. The van der Waals surface area contributed by atoms with Gasteiger partial charge in [-0.05, 0) is 17.7 Å². The number of hydrogen-bond acceptors (Lipinski definition) is 7. The van der Waals surface area contributed by atoms with E-state index in [9.17, 15) is 27.9 Å². The largest absolute Gasteiger partial charge is 0.497 e. The molecule has 14 heteroatoms. The summed E-state index contributed by atoms with van der Waals surface area (Å²) in [6.07, 6.45) is -4.06. The number of aliphatic carboxylic acids is 1. The number of primary amides is 1. The summed E-state index contributed by atoms with van der Waals surface area (Å²) >= 11 is 0. The minimum atomic E-state index is -4.74. The molecule has 1 saturated heterocycles. The van der Waals surface area contributed by atoms with E-state index in [4.69, 9.17) is 10.5 Å². The van der Waals surface area contributed by atoms with Crippen LogP contribution in [0.2, 0.25) is 0 Å². The van der Waals surface area contributed by atoms with Crippen molar-refractivity contribution in [3.8, 4) is 5.75 Å². The second kappa shape index (κ2) is 9.79. The number of carboxylic acids is 1. The van der Waals surface area contributed by atoms with Gasteiger partial charge in [0.15, 0.2) is 17.2 Å². The van der Waals surface area contributed by atoms with Crippen LogP contribution in [-0.4, -0.2) is 76.4 Å². The molecule has 4 rings (SSSR count). The van der Waals surface area contributed by atoms with Crippen LogP contribution in [0.1, 0.15) is 11.3 Å². The lowest BCUT2D eigenvalue weighted by Crippen LogP contribution is -2.50. The maximum Gasteiger partial charge on any atom is 0.435 e. The van der Waals surface area contributed by atoms with Gasteiger partial charge in [-0.15, -0.1) is 5.10 Å². The fourth-order valence-electron chi connectivity index (χ4n) is 4.02. The van der Waals surface area contributed by atoms with Crippen molar-refractivity contribution in [3.63, 3.8) is 0 Å². The number of halogens is 3. The molecule has 0 bridgehead atoms. The number of hydrogen-bond donors (Lipinski definition) is 2.